The average Bonchev–Trinajstić information content (AvgIpc) is 3.36. The summed E-state index contributed by atoms with van der Waals surface area (Å²) in [5.41, 5.74) is 1.14. The Morgan fingerprint density at radius 3 is 2.71 bits per heavy atom. The van der Waals surface area contributed by atoms with Gasteiger partial charge < -0.3 is 20.0 Å². The number of amides is 2. The number of quaternary nitrogens is 1. The van der Waals surface area contributed by atoms with E-state index in [9.17, 15) is 9.59 Å². The number of anilines is 1. The van der Waals surface area contributed by atoms with Crippen LogP contribution in [0.5, 0.6) is 0 Å². The maximum atomic E-state index is 12.6. The van der Waals surface area contributed by atoms with Crippen LogP contribution in [0.15, 0.2) is 64.6 Å². The highest BCUT2D eigenvalue weighted by molar-refractivity contribution is 7.09. The average molecular weight is 399 g/mol. The Balaban J connectivity index is 1.64. The summed E-state index contributed by atoms with van der Waals surface area (Å²) in [4.78, 5) is 26.9. The van der Waals surface area contributed by atoms with Crippen LogP contribution in [0.4, 0.5) is 5.69 Å². The normalized spacial score (nSPS) is 11.8. The molecule has 0 fully saturated rings. The Labute approximate surface area is 168 Å². The molecule has 146 valence electrons. The number of furan rings is 1. The number of hydrogen-bond acceptors (Lipinski definition) is 4. The molecule has 3 rings (SSSR count). The van der Waals surface area contributed by atoms with Gasteiger partial charge in [0.1, 0.15) is 13.1 Å². The van der Waals surface area contributed by atoms with Crippen LogP contribution < -0.4 is 15.5 Å². The summed E-state index contributed by atoms with van der Waals surface area (Å²) >= 11 is 1.68. The second-order valence-electron chi connectivity index (χ2n) is 6.43. The van der Waals surface area contributed by atoms with Crippen LogP contribution in [0, 0.1) is 0 Å². The number of rotatable bonds is 9. The zero-order valence-corrected chi connectivity index (χ0v) is 16.6. The summed E-state index contributed by atoms with van der Waals surface area (Å²) in [7, 11) is 0. The third-order valence-electron chi connectivity index (χ3n) is 4.17. The van der Waals surface area contributed by atoms with Gasteiger partial charge in [0.15, 0.2) is 12.3 Å². The molecule has 0 saturated heterocycles. The van der Waals surface area contributed by atoms with Crippen molar-refractivity contribution in [2.24, 2.45) is 0 Å². The second-order valence-corrected chi connectivity index (χ2v) is 7.46. The van der Waals surface area contributed by atoms with Crippen molar-refractivity contribution >= 4 is 28.8 Å². The van der Waals surface area contributed by atoms with Gasteiger partial charge in [-0.1, -0.05) is 12.1 Å². The molecule has 0 spiro atoms. The summed E-state index contributed by atoms with van der Waals surface area (Å²) in [6.07, 6.45) is 1.64. The summed E-state index contributed by atoms with van der Waals surface area (Å²) in [6, 6.07) is 14.8. The van der Waals surface area contributed by atoms with E-state index in [-0.39, 0.29) is 11.8 Å². The third-order valence-corrected chi connectivity index (χ3v) is 5.04. The van der Waals surface area contributed by atoms with Crippen LogP contribution >= 0.6 is 11.3 Å². The standard InChI is InChI=1S/C21H23N3O3S/c1-2-22-21(26)16-6-3-7-17(12-16)23-20(25)15-24(13-18-8-4-10-27-18)14-19-9-5-11-28-19/h3-12H,2,13-15H2,1H3,(H,22,26)(H,23,25)/p+1. The lowest BCUT2D eigenvalue weighted by molar-refractivity contribution is -0.920. The number of carbonyl (C=O) groups excluding carboxylic acids is 2. The minimum absolute atomic E-state index is 0.105. The fraction of sp³-hybridized carbons (Fsp3) is 0.238. The van der Waals surface area contributed by atoms with Crippen LogP contribution in [0.2, 0.25) is 0 Å². The summed E-state index contributed by atoms with van der Waals surface area (Å²) in [5, 5.41) is 7.70. The summed E-state index contributed by atoms with van der Waals surface area (Å²) < 4.78 is 5.45. The molecule has 2 heterocycles. The van der Waals surface area contributed by atoms with Crippen LogP contribution in [-0.2, 0) is 17.9 Å². The van der Waals surface area contributed by atoms with Gasteiger partial charge in [0.05, 0.1) is 11.1 Å². The maximum Gasteiger partial charge on any atom is 0.279 e. The number of hydrogen-bond donors (Lipinski definition) is 3. The predicted octanol–water partition coefficient (Wildman–Crippen LogP) is 2.31. The van der Waals surface area contributed by atoms with Crippen molar-refractivity contribution in [1.82, 2.24) is 5.32 Å². The molecule has 0 radical (unpaired) electrons. The SMILES string of the molecule is CCNC(=O)c1cccc(NC(=O)C[NH+](Cc2ccco2)Cc2cccs2)c1. The van der Waals surface area contributed by atoms with Gasteiger partial charge in [-0.25, -0.2) is 0 Å². The van der Waals surface area contributed by atoms with Crippen LogP contribution in [0.1, 0.15) is 27.9 Å². The molecule has 1 atom stereocenters. The van der Waals surface area contributed by atoms with Gasteiger partial charge in [-0.2, -0.15) is 0 Å². The van der Waals surface area contributed by atoms with E-state index in [1.54, 1.807) is 41.9 Å². The molecule has 0 aliphatic heterocycles. The lowest BCUT2D eigenvalue weighted by Crippen LogP contribution is -3.10. The number of nitrogens with one attached hydrogen (secondary N) is 3. The van der Waals surface area contributed by atoms with Gasteiger partial charge >= 0.3 is 0 Å². The number of thiophene rings is 1. The molecule has 3 aromatic rings. The molecule has 0 aliphatic carbocycles. The van der Waals surface area contributed by atoms with Gasteiger partial charge in [-0.3, -0.25) is 9.59 Å². The minimum Gasteiger partial charge on any atom is -0.463 e. The minimum atomic E-state index is -0.152. The number of carbonyl (C=O) groups is 2. The van der Waals surface area contributed by atoms with E-state index in [1.165, 1.54) is 4.88 Å². The van der Waals surface area contributed by atoms with E-state index in [4.69, 9.17) is 4.42 Å². The van der Waals surface area contributed by atoms with Crippen LogP contribution in [0.3, 0.4) is 0 Å². The fourth-order valence-corrected chi connectivity index (χ4v) is 3.72. The highest BCUT2D eigenvalue weighted by atomic mass is 32.1. The van der Waals surface area contributed by atoms with Crippen LogP contribution in [0.25, 0.3) is 0 Å². The molecule has 0 aliphatic rings. The molecule has 28 heavy (non-hydrogen) atoms. The Morgan fingerprint density at radius 2 is 2.00 bits per heavy atom. The smallest absolute Gasteiger partial charge is 0.279 e. The van der Waals surface area contributed by atoms with Gasteiger partial charge in [0.2, 0.25) is 0 Å². The molecule has 7 heteroatoms. The Hall–Kier alpha value is -2.90. The fourth-order valence-electron chi connectivity index (χ4n) is 2.94. The highest BCUT2D eigenvalue weighted by Crippen LogP contribution is 2.11. The topological polar surface area (TPSA) is 75.8 Å². The first-order valence-corrected chi connectivity index (χ1v) is 10.1. The first kappa shape index (κ1) is 19.9. The van der Waals surface area contributed by atoms with Crippen molar-refractivity contribution in [2.45, 2.75) is 20.0 Å². The largest absolute Gasteiger partial charge is 0.463 e. The van der Waals surface area contributed by atoms with Crippen LogP contribution in [-0.4, -0.2) is 24.9 Å². The van der Waals surface area contributed by atoms with E-state index < -0.39 is 0 Å². The zero-order valence-electron chi connectivity index (χ0n) is 15.7. The molecule has 2 amide bonds. The summed E-state index contributed by atoms with van der Waals surface area (Å²) in [5.74, 6) is 0.588. The Kier molecular flexibility index (Phi) is 7.00. The van der Waals surface area contributed by atoms with E-state index >= 15 is 0 Å². The van der Waals surface area contributed by atoms with Gasteiger partial charge in [-0.15, -0.1) is 11.3 Å². The quantitative estimate of drug-likeness (QED) is 0.518. The lowest BCUT2D eigenvalue weighted by Gasteiger charge is -2.17. The molecule has 1 aromatic carbocycles. The maximum absolute atomic E-state index is 12.6. The third kappa shape index (κ3) is 5.80. The molecule has 6 nitrogen and oxygen atoms in total. The Bertz CT molecular complexity index is 855. The van der Waals surface area contributed by atoms with E-state index in [1.807, 2.05) is 30.5 Å². The van der Waals surface area contributed by atoms with Crippen molar-refractivity contribution < 1.29 is 18.9 Å². The van der Waals surface area contributed by atoms with Gasteiger partial charge in [0, 0.05) is 17.8 Å². The van der Waals surface area contributed by atoms with Crippen molar-refractivity contribution in [3.63, 3.8) is 0 Å². The Morgan fingerprint density at radius 1 is 1.11 bits per heavy atom. The molecule has 0 saturated carbocycles. The molecule has 2 aromatic heterocycles. The highest BCUT2D eigenvalue weighted by Gasteiger charge is 2.18. The summed E-state index contributed by atoms with van der Waals surface area (Å²) in [6.45, 7) is 4.09. The van der Waals surface area contributed by atoms with E-state index in [0.29, 0.717) is 30.9 Å². The monoisotopic (exact) mass is 398 g/mol. The zero-order chi connectivity index (χ0) is 19.8. The first-order chi connectivity index (χ1) is 13.6. The lowest BCUT2D eigenvalue weighted by atomic mass is 10.2. The van der Waals surface area contributed by atoms with Crippen molar-refractivity contribution in [1.29, 1.82) is 0 Å². The van der Waals surface area contributed by atoms with Crippen molar-refractivity contribution in [3.8, 4) is 0 Å². The van der Waals surface area contributed by atoms with Gasteiger partial charge in [0.25, 0.3) is 11.8 Å². The van der Waals surface area contributed by atoms with Crippen molar-refractivity contribution in [2.75, 3.05) is 18.4 Å². The number of benzene rings is 1. The van der Waals surface area contributed by atoms with Crippen molar-refractivity contribution in [3.05, 3.63) is 76.4 Å². The van der Waals surface area contributed by atoms with E-state index in [0.717, 1.165) is 17.2 Å². The first-order valence-electron chi connectivity index (χ1n) is 9.20. The van der Waals surface area contributed by atoms with E-state index in [2.05, 4.69) is 16.7 Å². The predicted molar refractivity (Wildman–Crippen MR) is 109 cm³/mol. The molecule has 1 unspecified atom stereocenters. The molecular weight excluding hydrogens is 374 g/mol. The molecular formula is C21H24N3O3S+. The molecule has 3 N–H and O–H groups in total. The van der Waals surface area contributed by atoms with Gasteiger partial charge in [-0.05, 0) is 48.7 Å². The second kappa shape index (κ2) is 9.87. The molecule has 0 bridgehead atoms.